The van der Waals surface area contributed by atoms with Gasteiger partial charge in [0.15, 0.2) is 5.82 Å². The first-order valence-electron chi connectivity index (χ1n) is 16.1. The van der Waals surface area contributed by atoms with Crippen LogP contribution in [0, 0.1) is 0 Å². The van der Waals surface area contributed by atoms with Crippen LogP contribution in [0.1, 0.15) is 25.0 Å². The molecule has 0 unspecified atom stereocenters. The highest BCUT2D eigenvalue weighted by atomic mass is 14.9. The van der Waals surface area contributed by atoms with E-state index >= 15 is 0 Å². The van der Waals surface area contributed by atoms with E-state index in [0.717, 1.165) is 44.7 Å². The van der Waals surface area contributed by atoms with E-state index in [2.05, 4.69) is 140 Å². The molecule has 0 saturated carbocycles. The molecule has 3 nitrogen and oxygen atoms in total. The van der Waals surface area contributed by atoms with Gasteiger partial charge in [-0.15, -0.1) is 0 Å². The second kappa shape index (κ2) is 10.6. The molecule has 0 fully saturated rings. The third kappa shape index (κ3) is 4.39. The van der Waals surface area contributed by atoms with Gasteiger partial charge in [-0.3, -0.25) is 4.98 Å². The minimum atomic E-state index is -0.0665. The van der Waals surface area contributed by atoms with Gasteiger partial charge in [0.1, 0.15) is 0 Å². The Morgan fingerprint density at radius 2 is 1.13 bits per heavy atom. The summed E-state index contributed by atoms with van der Waals surface area (Å²) in [5.41, 5.74) is 12.2. The van der Waals surface area contributed by atoms with E-state index in [1.807, 2.05) is 30.5 Å². The van der Waals surface area contributed by atoms with Crippen molar-refractivity contribution in [2.45, 2.75) is 19.3 Å². The fourth-order valence-corrected chi connectivity index (χ4v) is 7.40. The lowest BCUT2D eigenvalue weighted by molar-refractivity contribution is 0.661. The molecule has 47 heavy (non-hydrogen) atoms. The van der Waals surface area contributed by atoms with E-state index in [1.165, 1.54) is 38.4 Å². The number of pyridine rings is 1. The first-order valence-corrected chi connectivity index (χ1v) is 16.1. The second-order valence-corrected chi connectivity index (χ2v) is 12.8. The molecule has 1 aliphatic rings. The first-order chi connectivity index (χ1) is 23.1. The molecule has 0 N–H and O–H groups in total. The molecule has 2 heterocycles. The van der Waals surface area contributed by atoms with Gasteiger partial charge >= 0.3 is 0 Å². The zero-order chi connectivity index (χ0) is 31.5. The molecule has 8 aromatic rings. The molecule has 0 radical (unpaired) electrons. The van der Waals surface area contributed by atoms with E-state index in [9.17, 15) is 0 Å². The van der Waals surface area contributed by atoms with Gasteiger partial charge in [0.25, 0.3) is 0 Å². The van der Waals surface area contributed by atoms with Gasteiger partial charge in [0.2, 0.25) is 0 Å². The first kappa shape index (κ1) is 27.4. The van der Waals surface area contributed by atoms with Crippen molar-refractivity contribution in [3.8, 4) is 56.3 Å². The Morgan fingerprint density at radius 3 is 1.94 bits per heavy atom. The number of aromatic nitrogens is 3. The summed E-state index contributed by atoms with van der Waals surface area (Å²) >= 11 is 0. The van der Waals surface area contributed by atoms with Crippen LogP contribution < -0.4 is 0 Å². The molecule has 0 amide bonds. The third-order valence-corrected chi connectivity index (χ3v) is 9.76. The van der Waals surface area contributed by atoms with Crippen molar-refractivity contribution in [3.63, 3.8) is 0 Å². The van der Waals surface area contributed by atoms with E-state index < -0.39 is 0 Å². The monoisotopic (exact) mass is 601 g/mol. The zero-order valence-electron chi connectivity index (χ0n) is 26.3. The number of benzene rings is 6. The summed E-state index contributed by atoms with van der Waals surface area (Å²) in [7, 11) is 0. The predicted octanol–water partition coefficient (Wildman–Crippen LogP) is 11.2. The maximum atomic E-state index is 5.28. The van der Waals surface area contributed by atoms with Crippen LogP contribution in [-0.2, 0) is 5.41 Å². The van der Waals surface area contributed by atoms with Crippen molar-refractivity contribution < 1.29 is 0 Å². The highest BCUT2D eigenvalue weighted by molar-refractivity contribution is 6.13. The van der Waals surface area contributed by atoms with E-state index in [0.29, 0.717) is 5.82 Å². The lowest BCUT2D eigenvalue weighted by Crippen LogP contribution is -2.14. The zero-order valence-corrected chi connectivity index (χ0v) is 26.3. The Bertz CT molecular complexity index is 2480. The van der Waals surface area contributed by atoms with Crippen molar-refractivity contribution in [2.24, 2.45) is 0 Å². The standard InChI is InChI=1S/C44H31N3/c1-44(2)38-20-9-8-15-32(38)37-25-29-22-23-31-30(36(29)26-39(37)44)18-12-19-35(31)43-46-41(28-13-4-3-5-14-28)27-42(47-43)34-17-7-6-16-33(34)40-21-10-11-24-45-40/h3-27H,1-2H3. The summed E-state index contributed by atoms with van der Waals surface area (Å²) in [6.07, 6.45) is 1.84. The lowest BCUT2D eigenvalue weighted by atomic mass is 9.81. The van der Waals surface area contributed by atoms with Crippen LogP contribution in [0.3, 0.4) is 0 Å². The van der Waals surface area contributed by atoms with Crippen LogP contribution >= 0.6 is 0 Å². The van der Waals surface area contributed by atoms with Crippen molar-refractivity contribution in [1.29, 1.82) is 0 Å². The van der Waals surface area contributed by atoms with Crippen LogP contribution in [0.2, 0.25) is 0 Å². The SMILES string of the molecule is CC1(C)c2ccccc2-c2cc3ccc4c(-c5nc(-c6ccccc6)cc(-c6ccccc6-c6ccccn6)n5)cccc4c3cc21. The van der Waals surface area contributed by atoms with E-state index in [1.54, 1.807) is 0 Å². The molecule has 0 saturated heterocycles. The second-order valence-electron chi connectivity index (χ2n) is 12.8. The Kier molecular flexibility index (Phi) is 6.16. The Labute approximate surface area is 274 Å². The van der Waals surface area contributed by atoms with Crippen molar-refractivity contribution >= 4 is 21.5 Å². The molecule has 0 aliphatic heterocycles. The van der Waals surface area contributed by atoms with Crippen molar-refractivity contribution in [3.05, 3.63) is 163 Å². The predicted molar refractivity (Wildman–Crippen MR) is 194 cm³/mol. The van der Waals surface area contributed by atoms with Crippen molar-refractivity contribution in [1.82, 2.24) is 15.0 Å². The van der Waals surface area contributed by atoms with Crippen LogP contribution in [0.25, 0.3) is 77.8 Å². The minimum Gasteiger partial charge on any atom is -0.256 e. The summed E-state index contributed by atoms with van der Waals surface area (Å²) in [4.78, 5) is 15.2. The number of fused-ring (bicyclic) bond motifs is 6. The fourth-order valence-electron chi connectivity index (χ4n) is 7.40. The molecular weight excluding hydrogens is 571 g/mol. The Balaban J connectivity index is 1.27. The minimum absolute atomic E-state index is 0.0665. The van der Waals surface area contributed by atoms with E-state index in [-0.39, 0.29) is 5.41 Å². The molecule has 0 bridgehead atoms. The van der Waals surface area contributed by atoms with Crippen molar-refractivity contribution in [2.75, 3.05) is 0 Å². The van der Waals surface area contributed by atoms with Gasteiger partial charge in [-0.05, 0) is 74.1 Å². The lowest BCUT2D eigenvalue weighted by Gasteiger charge is -2.22. The quantitative estimate of drug-likeness (QED) is 0.188. The topological polar surface area (TPSA) is 38.7 Å². The molecule has 3 heteroatoms. The summed E-state index contributed by atoms with van der Waals surface area (Å²) in [6, 6.07) is 51.5. The maximum Gasteiger partial charge on any atom is 0.161 e. The van der Waals surface area contributed by atoms with Gasteiger partial charge in [-0.1, -0.05) is 129 Å². The average Bonchev–Trinajstić information content (AvgIpc) is 3.36. The molecule has 0 atom stereocenters. The summed E-state index contributed by atoms with van der Waals surface area (Å²) < 4.78 is 0. The Morgan fingerprint density at radius 1 is 0.426 bits per heavy atom. The van der Waals surface area contributed by atoms with Gasteiger partial charge in [-0.2, -0.15) is 0 Å². The van der Waals surface area contributed by atoms with Gasteiger partial charge in [0, 0.05) is 33.9 Å². The maximum absolute atomic E-state index is 5.28. The molecule has 9 rings (SSSR count). The van der Waals surface area contributed by atoms with Gasteiger partial charge in [-0.25, -0.2) is 9.97 Å². The molecule has 222 valence electrons. The van der Waals surface area contributed by atoms with Crippen LogP contribution in [0.4, 0.5) is 0 Å². The molecular formula is C44H31N3. The average molecular weight is 602 g/mol. The van der Waals surface area contributed by atoms with E-state index in [4.69, 9.17) is 9.97 Å². The van der Waals surface area contributed by atoms with Crippen LogP contribution in [-0.4, -0.2) is 15.0 Å². The number of nitrogens with zero attached hydrogens (tertiary/aromatic N) is 3. The fraction of sp³-hybridized carbons (Fsp3) is 0.0682. The smallest absolute Gasteiger partial charge is 0.161 e. The highest BCUT2D eigenvalue weighted by Gasteiger charge is 2.35. The number of rotatable bonds is 4. The number of hydrogen-bond acceptors (Lipinski definition) is 3. The normalized spacial score (nSPS) is 13.1. The van der Waals surface area contributed by atoms with Crippen LogP contribution in [0.15, 0.2) is 152 Å². The summed E-state index contributed by atoms with van der Waals surface area (Å²) in [5.74, 6) is 0.705. The number of hydrogen-bond donors (Lipinski definition) is 0. The summed E-state index contributed by atoms with van der Waals surface area (Å²) in [6.45, 7) is 4.68. The van der Waals surface area contributed by atoms with Gasteiger partial charge < -0.3 is 0 Å². The molecule has 2 aromatic heterocycles. The van der Waals surface area contributed by atoms with Gasteiger partial charge in [0.05, 0.1) is 17.1 Å². The summed E-state index contributed by atoms with van der Waals surface area (Å²) in [5, 5.41) is 4.84. The van der Waals surface area contributed by atoms with Crippen LogP contribution in [0.5, 0.6) is 0 Å². The molecule has 0 spiro atoms. The largest absolute Gasteiger partial charge is 0.256 e. The highest BCUT2D eigenvalue weighted by Crippen LogP contribution is 2.50. The third-order valence-electron chi connectivity index (χ3n) is 9.76. The Hall–Kier alpha value is -5.93. The molecule has 6 aromatic carbocycles. The molecule has 1 aliphatic carbocycles.